The Morgan fingerprint density at radius 3 is 2.54 bits per heavy atom. The van der Waals surface area contributed by atoms with Crippen LogP contribution in [0.25, 0.3) is 10.6 Å². The van der Waals surface area contributed by atoms with E-state index in [9.17, 15) is 18.0 Å². The minimum Gasteiger partial charge on any atom is -0.471 e. The zero-order valence-electron chi connectivity index (χ0n) is 14.4. The van der Waals surface area contributed by atoms with E-state index in [2.05, 4.69) is 9.97 Å². The molecule has 0 radical (unpaired) electrons. The van der Waals surface area contributed by atoms with Gasteiger partial charge in [-0.2, -0.15) is 13.2 Å². The van der Waals surface area contributed by atoms with Crippen LogP contribution in [-0.2, 0) is 6.18 Å². The Morgan fingerprint density at radius 1 is 1.07 bits per heavy atom. The van der Waals surface area contributed by atoms with Crippen molar-refractivity contribution in [2.45, 2.75) is 12.3 Å². The molecule has 0 atom stereocenters. The predicted octanol–water partition coefficient (Wildman–Crippen LogP) is 4.13. The minimum absolute atomic E-state index is 0.105. The third-order valence-electron chi connectivity index (χ3n) is 4.18. The molecule has 0 spiro atoms. The average molecular weight is 405 g/mol. The Labute approximate surface area is 162 Å². The maximum atomic E-state index is 12.7. The number of thiazole rings is 1. The van der Waals surface area contributed by atoms with Crippen molar-refractivity contribution in [1.82, 2.24) is 14.9 Å². The van der Waals surface area contributed by atoms with Crippen LogP contribution in [0.2, 0.25) is 0 Å². The molecule has 28 heavy (non-hydrogen) atoms. The highest BCUT2D eigenvalue weighted by Gasteiger charge is 2.36. The molecule has 144 valence electrons. The number of likely N-dealkylation sites (tertiary alicyclic amines) is 1. The molecule has 1 aliphatic rings. The summed E-state index contributed by atoms with van der Waals surface area (Å²) >= 11 is 1.38. The quantitative estimate of drug-likeness (QED) is 0.655. The number of alkyl halides is 3. The zero-order valence-corrected chi connectivity index (χ0v) is 15.2. The van der Waals surface area contributed by atoms with Gasteiger partial charge in [0.1, 0.15) is 22.5 Å². The number of benzene rings is 1. The zero-order chi connectivity index (χ0) is 19.7. The van der Waals surface area contributed by atoms with Gasteiger partial charge in [0.2, 0.25) is 5.88 Å². The normalized spacial score (nSPS) is 14.6. The standard InChI is InChI=1S/C19H14F3N3O2S/c20-19(21,22)15-7-4-8-16(24-15)27-13-9-25(10-13)18(26)14-11-28-17(23-14)12-5-2-1-3-6-12/h1-8,11,13H,9-10H2. The summed E-state index contributed by atoms with van der Waals surface area (Å²) in [5.41, 5.74) is 0.277. The summed E-state index contributed by atoms with van der Waals surface area (Å²) < 4.78 is 43.6. The summed E-state index contributed by atoms with van der Waals surface area (Å²) in [6.07, 6.45) is -4.92. The van der Waals surface area contributed by atoms with Crippen LogP contribution in [0.15, 0.2) is 53.9 Å². The van der Waals surface area contributed by atoms with Crippen molar-refractivity contribution >= 4 is 17.2 Å². The number of aromatic nitrogens is 2. The Morgan fingerprint density at radius 2 is 1.82 bits per heavy atom. The van der Waals surface area contributed by atoms with Gasteiger partial charge in [-0.3, -0.25) is 4.79 Å². The lowest BCUT2D eigenvalue weighted by Gasteiger charge is -2.38. The Balaban J connectivity index is 1.36. The molecule has 0 N–H and O–H groups in total. The van der Waals surface area contributed by atoms with Gasteiger partial charge in [0, 0.05) is 17.0 Å². The van der Waals surface area contributed by atoms with Gasteiger partial charge in [-0.05, 0) is 6.07 Å². The molecule has 5 nitrogen and oxygen atoms in total. The number of pyridine rings is 1. The van der Waals surface area contributed by atoms with Gasteiger partial charge in [0.15, 0.2) is 0 Å². The van der Waals surface area contributed by atoms with Crippen LogP contribution in [0.5, 0.6) is 5.88 Å². The van der Waals surface area contributed by atoms with Crippen LogP contribution in [0.1, 0.15) is 16.2 Å². The Hall–Kier alpha value is -2.94. The fourth-order valence-electron chi connectivity index (χ4n) is 2.73. The smallest absolute Gasteiger partial charge is 0.433 e. The second-order valence-electron chi connectivity index (χ2n) is 6.21. The first-order valence-corrected chi connectivity index (χ1v) is 9.29. The van der Waals surface area contributed by atoms with Gasteiger partial charge in [0.25, 0.3) is 5.91 Å². The van der Waals surface area contributed by atoms with Crippen LogP contribution < -0.4 is 4.74 Å². The lowest BCUT2D eigenvalue weighted by Crippen LogP contribution is -2.56. The maximum Gasteiger partial charge on any atom is 0.433 e. The molecule has 1 aliphatic heterocycles. The van der Waals surface area contributed by atoms with Gasteiger partial charge in [-0.15, -0.1) is 11.3 Å². The minimum atomic E-state index is -4.53. The summed E-state index contributed by atoms with van der Waals surface area (Å²) in [4.78, 5) is 21.9. The number of rotatable bonds is 4. The van der Waals surface area contributed by atoms with Crippen LogP contribution in [0.3, 0.4) is 0 Å². The van der Waals surface area contributed by atoms with Crippen molar-refractivity contribution in [1.29, 1.82) is 0 Å². The van der Waals surface area contributed by atoms with Crippen LogP contribution in [-0.4, -0.2) is 40.0 Å². The summed E-state index contributed by atoms with van der Waals surface area (Å²) in [5.74, 6) is -0.331. The molecule has 1 fully saturated rings. The summed E-state index contributed by atoms with van der Waals surface area (Å²) in [6, 6.07) is 13.0. The van der Waals surface area contributed by atoms with E-state index in [4.69, 9.17) is 4.74 Å². The molecule has 0 aliphatic carbocycles. The van der Waals surface area contributed by atoms with Crippen molar-refractivity contribution in [3.8, 4) is 16.5 Å². The molecule has 0 bridgehead atoms. The molecule has 9 heteroatoms. The highest BCUT2D eigenvalue weighted by atomic mass is 32.1. The lowest BCUT2D eigenvalue weighted by atomic mass is 10.1. The third-order valence-corrected chi connectivity index (χ3v) is 5.07. The molecule has 1 saturated heterocycles. The number of halogens is 3. The molecular weight excluding hydrogens is 391 g/mol. The van der Waals surface area contributed by atoms with E-state index in [0.717, 1.165) is 16.6 Å². The van der Waals surface area contributed by atoms with E-state index in [-0.39, 0.29) is 24.9 Å². The lowest BCUT2D eigenvalue weighted by molar-refractivity contribution is -0.141. The molecule has 3 heterocycles. The van der Waals surface area contributed by atoms with Crippen LogP contribution >= 0.6 is 11.3 Å². The van der Waals surface area contributed by atoms with Gasteiger partial charge in [-0.25, -0.2) is 9.97 Å². The fourth-order valence-corrected chi connectivity index (χ4v) is 3.53. The van der Waals surface area contributed by atoms with E-state index in [1.807, 2.05) is 30.3 Å². The van der Waals surface area contributed by atoms with Gasteiger partial charge < -0.3 is 9.64 Å². The topological polar surface area (TPSA) is 55.3 Å². The maximum absolute atomic E-state index is 12.7. The largest absolute Gasteiger partial charge is 0.471 e. The number of carbonyl (C=O) groups is 1. The first-order valence-electron chi connectivity index (χ1n) is 8.41. The number of carbonyl (C=O) groups excluding carboxylic acids is 1. The average Bonchev–Trinajstić information content (AvgIpc) is 3.14. The van der Waals surface area contributed by atoms with Gasteiger partial charge in [0.05, 0.1) is 13.1 Å². The van der Waals surface area contributed by atoms with Crippen molar-refractivity contribution in [2.75, 3.05) is 13.1 Å². The second kappa shape index (κ2) is 7.23. The summed E-state index contributed by atoms with van der Waals surface area (Å²) in [7, 11) is 0. The molecular formula is C19H14F3N3O2S. The molecule has 2 aromatic heterocycles. The second-order valence-corrected chi connectivity index (χ2v) is 7.07. The highest BCUT2D eigenvalue weighted by Crippen LogP contribution is 2.29. The Bertz CT molecular complexity index is 985. The number of amides is 1. The van der Waals surface area contributed by atoms with E-state index >= 15 is 0 Å². The van der Waals surface area contributed by atoms with Crippen molar-refractivity contribution in [2.24, 2.45) is 0 Å². The molecule has 0 unspecified atom stereocenters. The number of nitrogens with zero attached hydrogens (tertiary/aromatic N) is 3. The summed E-state index contributed by atoms with van der Waals surface area (Å²) in [6.45, 7) is 0.546. The van der Waals surface area contributed by atoms with Crippen molar-refractivity contribution in [3.05, 3.63) is 65.3 Å². The monoisotopic (exact) mass is 405 g/mol. The van der Waals surface area contributed by atoms with Crippen molar-refractivity contribution < 1.29 is 22.7 Å². The molecule has 0 saturated carbocycles. The molecule has 1 amide bonds. The first kappa shape index (κ1) is 18.4. The van der Waals surface area contributed by atoms with E-state index in [1.165, 1.54) is 23.5 Å². The highest BCUT2D eigenvalue weighted by molar-refractivity contribution is 7.13. The molecule has 1 aromatic carbocycles. The summed E-state index contributed by atoms with van der Waals surface area (Å²) in [5, 5.41) is 2.46. The van der Waals surface area contributed by atoms with E-state index in [1.54, 1.807) is 10.3 Å². The predicted molar refractivity (Wildman–Crippen MR) is 97.1 cm³/mol. The van der Waals surface area contributed by atoms with E-state index in [0.29, 0.717) is 5.69 Å². The third kappa shape index (κ3) is 3.84. The van der Waals surface area contributed by atoms with Crippen molar-refractivity contribution in [3.63, 3.8) is 0 Å². The number of hydrogen-bond donors (Lipinski definition) is 0. The van der Waals surface area contributed by atoms with Gasteiger partial charge in [-0.1, -0.05) is 36.4 Å². The SMILES string of the molecule is O=C(c1csc(-c2ccccc2)n1)N1CC(Oc2cccc(C(F)(F)F)n2)C1. The first-order chi connectivity index (χ1) is 13.4. The Kier molecular flexibility index (Phi) is 4.76. The van der Waals surface area contributed by atoms with Crippen LogP contribution in [0, 0.1) is 0 Å². The molecule has 3 aromatic rings. The fraction of sp³-hybridized carbons (Fsp3) is 0.211. The van der Waals surface area contributed by atoms with E-state index < -0.39 is 18.0 Å². The number of ether oxygens (including phenoxy) is 1. The molecule has 4 rings (SSSR count). The van der Waals surface area contributed by atoms with Crippen LogP contribution in [0.4, 0.5) is 13.2 Å². The number of hydrogen-bond acceptors (Lipinski definition) is 5. The van der Waals surface area contributed by atoms with Gasteiger partial charge >= 0.3 is 6.18 Å².